The lowest BCUT2D eigenvalue weighted by atomic mass is 9.84. The summed E-state index contributed by atoms with van der Waals surface area (Å²) in [5, 5.41) is 24.1. The van der Waals surface area contributed by atoms with Gasteiger partial charge in [0.05, 0.1) is 50.4 Å². The fraction of sp³-hybridized carbons (Fsp3) is 0.667. The molecule has 0 spiro atoms. The molecule has 2 N–H and O–H groups in total. The molecule has 0 bridgehead atoms. The molecular weight excluding hydrogens is 660 g/mol. The van der Waals surface area contributed by atoms with Gasteiger partial charge in [0.1, 0.15) is 42.2 Å². The Balaban J connectivity index is 0.000000139. The van der Waals surface area contributed by atoms with E-state index >= 15 is 0 Å². The minimum absolute atomic E-state index is 0.00910. The van der Waals surface area contributed by atoms with E-state index in [9.17, 15) is 4.79 Å². The van der Waals surface area contributed by atoms with E-state index in [0.717, 1.165) is 47.8 Å². The Bertz CT molecular complexity index is 1680. The minimum Gasteiger partial charge on any atom is -0.381 e. The molecule has 3 aromatic rings. The molecule has 278 valence electrons. The van der Waals surface area contributed by atoms with Crippen LogP contribution in [0.4, 0.5) is 0 Å². The summed E-state index contributed by atoms with van der Waals surface area (Å²) in [7, 11) is 0. The normalized spacial score (nSPS) is 32.8. The second kappa shape index (κ2) is 15.0. The van der Waals surface area contributed by atoms with Crippen LogP contribution in [-0.4, -0.2) is 98.8 Å². The number of hydrogen-bond acceptors (Lipinski definition) is 10. The van der Waals surface area contributed by atoms with Crippen LogP contribution in [0.3, 0.4) is 0 Å². The summed E-state index contributed by atoms with van der Waals surface area (Å²) in [6, 6.07) is 10.3. The highest BCUT2D eigenvalue weighted by molar-refractivity contribution is 5.79. The maximum atomic E-state index is 12.3. The number of rotatable bonds is 10. The highest BCUT2D eigenvalue weighted by Crippen LogP contribution is 2.39. The van der Waals surface area contributed by atoms with Crippen molar-refractivity contribution in [2.24, 2.45) is 17.8 Å². The standard InChI is InChI=1S/C20H30N4O3.C19H22N4O2/c25-20(14-7-4-8-14)21-16-11-26-19-17(12-27-18(16)19)24-10-15(22-23-24)9-13-5-2-1-3-6-13;1-12(13-7-8-13)20-16-10-24-19-17(11-25-18(16)19)23-9-15(21-22-23)14-5-3-2-4-6-14/h10,13-14,16-19H,1-9,11-12H2,(H,21,25);2-6,9,13,16-20H,1,7-8,10-11H2. The molecule has 10 rings (SSSR count). The lowest BCUT2D eigenvalue weighted by Gasteiger charge is -2.27. The van der Waals surface area contributed by atoms with Crippen LogP contribution in [0.25, 0.3) is 11.3 Å². The van der Waals surface area contributed by atoms with Gasteiger partial charge in [-0.15, -0.1) is 10.2 Å². The lowest BCUT2D eigenvalue weighted by Crippen LogP contribution is -2.47. The van der Waals surface area contributed by atoms with Gasteiger partial charge in [-0.2, -0.15) is 0 Å². The van der Waals surface area contributed by atoms with E-state index in [1.807, 2.05) is 45.9 Å². The highest BCUT2D eigenvalue weighted by Gasteiger charge is 2.51. The Morgan fingerprint density at radius 2 is 1.33 bits per heavy atom. The molecular formula is C39H52N8O5. The van der Waals surface area contributed by atoms with Crippen LogP contribution in [0, 0.1) is 17.8 Å². The highest BCUT2D eigenvalue weighted by atomic mass is 16.6. The monoisotopic (exact) mass is 712 g/mol. The first kappa shape index (κ1) is 34.1. The molecule has 7 fully saturated rings. The number of nitrogens with one attached hydrogen (secondary N) is 2. The Morgan fingerprint density at radius 1 is 0.692 bits per heavy atom. The van der Waals surface area contributed by atoms with Gasteiger partial charge in [0.2, 0.25) is 5.91 Å². The number of amides is 1. The first-order valence-electron chi connectivity index (χ1n) is 19.7. The van der Waals surface area contributed by atoms with Gasteiger partial charge >= 0.3 is 0 Å². The Labute approximate surface area is 305 Å². The van der Waals surface area contributed by atoms with Crippen molar-refractivity contribution in [3.63, 3.8) is 0 Å². The molecule has 4 saturated heterocycles. The number of allylic oxidation sites excluding steroid dienone is 1. The van der Waals surface area contributed by atoms with Crippen LogP contribution in [0.2, 0.25) is 0 Å². The van der Waals surface area contributed by atoms with E-state index in [4.69, 9.17) is 18.9 Å². The molecule has 8 atom stereocenters. The van der Waals surface area contributed by atoms with Crippen molar-refractivity contribution >= 4 is 5.91 Å². The summed E-state index contributed by atoms with van der Waals surface area (Å²) in [6.07, 6.45) is 17.4. The second-order valence-electron chi connectivity index (χ2n) is 16.0. The third-order valence-corrected chi connectivity index (χ3v) is 12.3. The molecule has 4 aliphatic heterocycles. The van der Waals surface area contributed by atoms with Crippen molar-refractivity contribution in [3.05, 3.63) is 60.7 Å². The number of carbonyl (C=O) groups is 1. The first-order chi connectivity index (χ1) is 25.6. The van der Waals surface area contributed by atoms with Crippen molar-refractivity contribution in [1.29, 1.82) is 0 Å². The van der Waals surface area contributed by atoms with Gasteiger partial charge in [0.25, 0.3) is 0 Å². The van der Waals surface area contributed by atoms with E-state index in [0.29, 0.717) is 32.3 Å². The fourth-order valence-corrected chi connectivity index (χ4v) is 8.85. The van der Waals surface area contributed by atoms with Gasteiger partial charge in [-0.25, -0.2) is 9.36 Å². The third-order valence-electron chi connectivity index (χ3n) is 12.3. The van der Waals surface area contributed by atoms with Crippen molar-refractivity contribution in [3.8, 4) is 11.3 Å². The molecule has 6 heterocycles. The van der Waals surface area contributed by atoms with Crippen molar-refractivity contribution in [2.75, 3.05) is 26.4 Å². The fourth-order valence-electron chi connectivity index (χ4n) is 8.85. The zero-order valence-corrected chi connectivity index (χ0v) is 29.9. The SMILES string of the molecule is C=C(NC1COC2C1OCC2n1cc(-c2ccccc2)nn1)C1CC1.O=C(NC1COC2C1OCC2n1cc(CC2CCCCC2)nn1)C1CCC1. The van der Waals surface area contributed by atoms with Crippen LogP contribution < -0.4 is 10.6 Å². The molecule has 13 nitrogen and oxygen atoms in total. The Morgan fingerprint density at radius 3 is 1.98 bits per heavy atom. The molecule has 3 saturated carbocycles. The topological polar surface area (TPSA) is 139 Å². The number of nitrogens with zero attached hydrogens (tertiary/aromatic N) is 6. The van der Waals surface area contributed by atoms with Gasteiger partial charge in [0.15, 0.2) is 0 Å². The molecule has 8 unspecified atom stereocenters. The predicted molar refractivity (Wildman–Crippen MR) is 191 cm³/mol. The zero-order valence-electron chi connectivity index (χ0n) is 29.9. The Kier molecular flexibility index (Phi) is 9.85. The quantitative estimate of drug-likeness (QED) is 0.315. The average molecular weight is 713 g/mol. The van der Waals surface area contributed by atoms with E-state index < -0.39 is 0 Å². The van der Waals surface area contributed by atoms with Crippen LogP contribution >= 0.6 is 0 Å². The number of hydrogen-bond donors (Lipinski definition) is 2. The molecule has 3 aliphatic carbocycles. The van der Waals surface area contributed by atoms with Crippen LogP contribution in [0.5, 0.6) is 0 Å². The van der Waals surface area contributed by atoms with Gasteiger partial charge in [0, 0.05) is 23.4 Å². The first-order valence-corrected chi connectivity index (χ1v) is 19.7. The molecule has 2 aromatic heterocycles. The van der Waals surface area contributed by atoms with Crippen LogP contribution in [0.15, 0.2) is 55.0 Å². The molecule has 0 radical (unpaired) electrons. The van der Waals surface area contributed by atoms with E-state index in [1.54, 1.807) is 0 Å². The summed E-state index contributed by atoms with van der Waals surface area (Å²) in [5.74, 6) is 1.75. The maximum Gasteiger partial charge on any atom is 0.223 e. The molecule has 1 amide bonds. The maximum absolute atomic E-state index is 12.3. The minimum atomic E-state index is -0.0787. The molecule has 1 aromatic carbocycles. The van der Waals surface area contributed by atoms with Gasteiger partial charge < -0.3 is 29.6 Å². The summed E-state index contributed by atoms with van der Waals surface area (Å²) in [4.78, 5) is 12.3. The van der Waals surface area contributed by atoms with Crippen molar-refractivity contribution in [1.82, 2.24) is 40.6 Å². The number of carbonyl (C=O) groups excluding carboxylic acids is 1. The van der Waals surface area contributed by atoms with Crippen LogP contribution in [-0.2, 0) is 30.2 Å². The smallest absolute Gasteiger partial charge is 0.223 e. The summed E-state index contributed by atoms with van der Waals surface area (Å²) in [5.41, 5.74) is 4.15. The molecule has 7 aliphatic rings. The second-order valence-corrected chi connectivity index (χ2v) is 16.0. The number of ether oxygens (including phenoxy) is 4. The number of fused-ring (bicyclic) bond motifs is 2. The van der Waals surface area contributed by atoms with Crippen molar-refractivity contribution < 1.29 is 23.7 Å². The largest absolute Gasteiger partial charge is 0.381 e. The van der Waals surface area contributed by atoms with E-state index in [2.05, 4.69) is 44.0 Å². The summed E-state index contributed by atoms with van der Waals surface area (Å²) >= 11 is 0. The van der Waals surface area contributed by atoms with E-state index in [-0.39, 0.29) is 60.4 Å². The summed E-state index contributed by atoms with van der Waals surface area (Å²) in [6.45, 7) is 6.50. The zero-order chi connectivity index (χ0) is 35.0. The predicted octanol–water partition coefficient (Wildman–Crippen LogP) is 4.19. The average Bonchev–Trinajstić information content (AvgIpc) is 3.73. The number of benzene rings is 1. The molecule has 13 heteroatoms. The third kappa shape index (κ3) is 7.16. The summed E-state index contributed by atoms with van der Waals surface area (Å²) < 4.78 is 28.0. The van der Waals surface area contributed by atoms with Crippen molar-refractivity contribution in [2.45, 2.75) is 119 Å². The Hall–Kier alpha value is -3.65. The van der Waals surface area contributed by atoms with Gasteiger partial charge in [-0.1, -0.05) is 85.9 Å². The van der Waals surface area contributed by atoms with Gasteiger partial charge in [-0.05, 0) is 43.9 Å². The van der Waals surface area contributed by atoms with Gasteiger partial charge in [-0.3, -0.25) is 4.79 Å². The van der Waals surface area contributed by atoms with Crippen LogP contribution in [0.1, 0.15) is 82.0 Å². The van der Waals surface area contributed by atoms with E-state index in [1.165, 1.54) is 51.4 Å². The number of aromatic nitrogens is 6. The molecule has 52 heavy (non-hydrogen) atoms. The lowest BCUT2D eigenvalue weighted by molar-refractivity contribution is -0.128.